The molecule has 0 spiro atoms. The Bertz CT molecular complexity index is 1070. The molecule has 30 heavy (non-hydrogen) atoms. The van der Waals surface area contributed by atoms with E-state index in [0.29, 0.717) is 23.8 Å². The van der Waals surface area contributed by atoms with E-state index in [1.165, 1.54) is 35.9 Å². The first kappa shape index (κ1) is 19.4. The quantitative estimate of drug-likeness (QED) is 0.593. The SMILES string of the molecule is O=C(CCCN1CC[C@@H]2Cc3[nH]c4ccc(F)cc4c3C[C@H]2C1)c1ccc(F)cc1. The van der Waals surface area contributed by atoms with Gasteiger partial charge in [-0.25, -0.2) is 8.78 Å². The van der Waals surface area contributed by atoms with Crippen LogP contribution in [0, 0.1) is 23.5 Å². The van der Waals surface area contributed by atoms with Crippen LogP contribution in [0.4, 0.5) is 8.78 Å². The van der Waals surface area contributed by atoms with Crippen LogP contribution in [0.25, 0.3) is 10.9 Å². The number of H-pyrrole nitrogens is 1. The molecule has 0 amide bonds. The molecule has 1 fully saturated rings. The van der Waals surface area contributed by atoms with Gasteiger partial charge >= 0.3 is 0 Å². The van der Waals surface area contributed by atoms with E-state index in [9.17, 15) is 13.6 Å². The Morgan fingerprint density at radius 3 is 2.67 bits per heavy atom. The molecule has 2 heterocycles. The van der Waals surface area contributed by atoms with E-state index in [1.807, 2.05) is 6.07 Å². The Morgan fingerprint density at radius 1 is 1.03 bits per heavy atom. The lowest BCUT2D eigenvalue weighted by Crippen LogP contribution is -2.44. The van der Waals surface area contributed by atoms with Crippen molar-refractivity contribution in [1.29, 1.82) is 0 Å². The maximum absolute atomic E-state index is 13.8. The van der Waals surface area contributed by atoms with Crippen molar-refractivity contribution in [2.24, 2.45) is 11.8 Å². The number of aromatic nitrogens is 1. The number of halogens is 2. The van der Waals surface area contributed by atoms with Crippen LogP contribution in [0.1, 0.15) is 40.9 Å². The van der Waals surface area contributed by atoms with E-state index in [0.717, 1.165) is 49.8 Å². The van der Waals surface area contributed by atoms with E-state index < -0.39 is 0 Å². The molecular formula is C25H26F2N2O. The lowest BCUT2D eigenvalue weighted by Gasteiger charge is -2.41. The molecule has 1 aromatic heterocycles. The minimum absolute atomic E-state index is 0.0769. The summed E-state index contributed by atoms with van der Waals surface area (Å²) in [6.07, 6.45) is 4.51. The monoisotopic (exact) mass is 408 g/mol. The number of nitrogens with zero attached hydrogens (tertiary/aromatic N) is 1. The number of hydrogen-bond acceptors (Lipinski definition) is 2. The number of carbonyl (C=O) groups is 1. The average Bonchev–Trinajstić information content (AvgIpc) is 3.09. The third-order valence-electron chi connectivity index (χ3n) is 6.91. The molecule has 1 aliphatic carbocycles. The number of Topliss-reactive ketones (excluding diaryl/α,β-unsaturated/α-hetero) is 1. The molecule has 1 aliphatic heterocycles. The van der Waals surface area contributed by atoms with Gasteiger partial charge in [0.05, 0.1) is 0 Å². The van der Waals surface area contributed by atoms with Crippen LogP contribution in [-0.2, 0) is 12.8 Å². The summed E-state index contributed by atoms with van der Waals surface area (Å²) in [6, 6.07) is 10.8. The van der Waals surface area contributed by atoms with Gasteiger partial charge in [-0.1, -0.05) is 0 Å². The van der Waals surface area contributed by atoms with Gasteiger partial charge in [0.15, 0.2) is 5.78 Å². The fourth-order valence-corrected chi connectivity index (χ4v) is 5.31. The van der Waals surface area contributed by atoms with Crippen molar-refractivity contribution in [2.75, 3.05) is 19.6 Å². The normalized spacial score (nSPS) is 21.4. The Morgan fingerprint density at radius 2 is 1.83 bits per heavy atom. The first-order valence-corrected chi connectivity index (χ1v) is 10.9. The molecule has 2 aliphatic rings. The standard InChI is InChI=1S/C25H26F2N2O/c26-19-5-3-16(4-6-19)25(30)2-1-10-29-11-9-17-13-24-21(12-18(17)15-29)22-14-20(27)7-8-23(22)28-24/h3-8,14,17-18,28H,1-2,9-13,15H2/t17-,18+/m1/s1. The number of aromatic amines is 1. The number of ketones is 1. The highest BCUT2D eigenvalue weighted by molar-refractivity contribution is 5.95. The van der Waals surface area contributed by atoms with Crippen LogP contribution in [-0.4, -0.2) is 35.3 Å². The highest BCUT2D eigenvalue weighted by atomic mass is 19.1. The minimum Gasteiger partial charge on any atom is -0.358 e. The molecule has 0 unspecified atom stereocenters. The van der Waals surface area contributed by atoms with Crippen LogP contribution in [0.5, 0.6) is 0 Å². The molecule has 0 saturated carbocycles. The Balaban J connectivity index is 1.19. The molecule has 0 radical (unpaired) electrons. The maximum atomic E-state index is 13.8. The van der Waals surface area contributed by atoms with Crippen molar-refractivity contribution in [3.8, 4) is 0 Å². The zero-order chi connectivity index (χ0) is 20.7. The molecular weight excluding hydrogens is 382 g/mol. The van der Waals surface area contributed by atoms with E-state index in [1.54, 1.807) is 18.2 Å². The summed E-state index contributed by atoms with van der Waals surface area (Å²) in [5.41, 5.74) is 4.20. The lowest BCUT2D eigenvalue weighted by molar-refractivity contribution is 0.0940. The number of benzene rings is 2. The molecule has 5 heteroatoms. The zero-order valence-electron chi connectivity index (χ0n) is 17.0. The van der Waals surface area contributed by atoms with E-state index >= 15 is 0 Å². The third-order valence-corrected chi connectivity index (χ3v) is 6.91. The van der Waals surface area contributed by atoms with Gasteiger partial charge in [0.25, 0.3) is 0 Å². The summed E-state index contributed by atoms with van der Waals surface area (Å²) in [4.78, 5) is 18.3. The van der Waals surface area contributed by atoms with Crippen LogP contribution < -0.4 is 0 Å². The molecule has 3 aromatic rings. The first-order valence-electron chi connectivity index (χ1n) is 10.9. The molecule has 3 nitrogen and oxygen atoms in total. The molecule has 1 saturated heterocycles. The van der Waals surface area contributed by atoms with E-state index in [4.69, 9.17) is 0 Å². The summed E-state index contributed by atoms with van der Waals surface area (Å²) in [6.45, 7) is 3.01. The van der Waals surface area contributed by atoms with Gasteiger partial charge in [-0.05, 0) is 98.6 Å². The lowest BCUT2D eigenvalue weighted by atomic mass is 9.74. The summed E-state index contributed by atoms with van der Waals surface area (Å²) in [5, 5.41) is 1.03. The molecule has 5 rings (SSSR count). The van der Waals surface area contributed by atoms with Gasteiger partial charge in [0.1, 0.15) is 11.6 Å². The molecule has 0 bridgehead atoms. The van der Waals surface area contributed by atoms with E-state index in [-0.39, 0.29) is 17.4 Å². The summed E-state index contributed by atoms with van der Waals surface area (Å²) in [7, 11) is 0. The predicted octanol–water partition coefficient (Wildman–Crippen LogP) is 5.15. The van der Waals surface area contributed by atoms with Crippen LogP contribution in [0.3, 0.4) is 0 Å². The highest BCUT2D eigenvalue weighted by Crippen LogP contribution is 2.39. The van der Waals surface area contributed by atoms with Crippen LogP contribution >= 0.6 is 0 Å². The first-order chi connectivity index (χ1) is 14.6. The van der Waals surface area contributed by atoms with E-state index in [2.05, 4.69) is 9.88 Å². The van der Waals surface area contributed by atoms with Crippen molar-refractivity contribution in [3.63, 3.8) is 0 Å². The largest absolute Gasteiger partial charge is 0.358 e. The highest BCUT2D eigenvalue weighted by Gasteiger charge is 2.35. The minimum atomic E-state index is -0.317. The predicted molar refractivity (Wildman–Crippen MR) is 114 cm³/mol. The maximum Gasteiger partial charge on any atom is 0.162 e. The molecule has 1 N–H and O–H groups in total. The van der Waals surface area contributed by atoms with Crippen molar-refractivity contribution in [1.82, 2.24) is 9.88 Å². The number of carbonyl (C=O) groups excluding carboxylic acids is 1. The average molecular weight is 408 g/mol. The van der Waals surface area contributed by atoms with Gasteiger partial charge < -0.3 is 9.88 Å². The number of likely N-dealkylation sites (tertiary alicyclic amines) is 1. The van der Waals surface area contributed by atoms with Gasteiger partial charge in [-0.2, -0.15) is 0 Å². The second-order valence-electron chi connectivity index (χ2n) is 8.82. The van der Waals surface area contributed by atoms with Gasteiger partial charge in [-0.3, -0.25) is 4.79 Å². The Labute approximate surface area is 175 Å². The summed E-state index contributed by atoms with van der Waals surface area (Å²) < 4.78 is 26.8. The zero-order valence-corrected chi connectivity index (χ0v) is 17.0. The molecule has 2 aromatic carbocycles. The Hall–Kier alpha value is -2.53. The molecule has 2 atom stereocenters. The summed E-state index contributed by atoms with van der Waals surface area (Å²) in [5.74, 6) is 0.840. The second-order valence-corrected chi connectivity index (χ2v) is 8.82. The molecule has 156 valence electrons. The van der Waals surface area contributed by atoms with Crippen molar-refractivity contribution in [2.45, 2.75) is 32.1 Å². The van der Waals surface area contributed by atoms with Gasteiger partial charge in [0.2, 0.25) is 0 Å². The number of nitrogens with one attached hydrogen (secondary N) is 1. The number of rotatable bonds is 5. The fraction of sp³-hybridized carbons (Fsp3) is 0.400. The van der Waals surface area contributed by atoms with Gasteiger partial charge in [0, 0.05) is 35.1 Å². The Kier molecular flexibility index (Phi) is 5.15. The van der Waals surface area contributed by atoms with Crippen molar-refractivity contribution >= 4 is 16.7 Å². The van der Waals surface area contributed by atoms with Crippen LogP contribution in [0.15, 0.2) is 42.5 Å². The second kappa shape index (κ2) is 7.95. The number of hydrogen-bond donors (Lipinski definition) is 1. The van der Waals surface area contributed by atoms with Crippen LogP contribution in [0.2, 0.25) is 0 Å². The third kappa shape index (κ3) is 3.79. The van der Waals surface area contributed by atoms with Crippen molar-refractivity contribution < 1.29 is 13.6 Å². The smallest absolute Gasteiger partial charge is 0.162 e. The number of fused-ring (bicyclic) bond motifs is 4. The fourth-order valence-electron chi connectivity index (χ4n) is 5.31. The topological polar surface area (TPSA) is 36.1 Å². The van der Waals surface area contributed by atoms with Crippen molar-refractivity contribution in [3.05, 3.63) is 70.9 Å². The van der Waals surface area contributed by atoms with Gasteiger partial charge in [-0.15, -0.1) is 0 Å². The number of piperidine rings is 1. The summed E-state index contributed by atoms with van der Waals surface area (Å²) >= 11 is 0.